The molecular formula is C13H10ClN3O3S. The molecule has 1 aromatic carbocycles. The van der Waals surface area contributed by atoms with E-state index in [0.29, 0.717) is 11.4 Å². The summed E-state index contributed by atoms with van der Waals surface area (Å²) in [4.78, 5) is 15.5. The molecule has 1 aliphatic rings. The number of nitrogens with zero attached hydrogens (tertiary/aromatic N) is 2. The highest BCUT2D eigenvalue weighted by atomic mass is 35.5. The fourth-order valence-electron chi connectivity index (χ4n) is 2.06. The van der Waals surface area contributed by atoms with Crippen LogP contribution in [0.15, 0.2) is 47.5 Å². The van der Waals surface area contributed by atoms with Crippen molar-refractivity contribution in [3.63, 3.8) is 0 Å². The number of amides is 1. The van der Waals surface area contributed by atoms with Gasteiger partial charge in [0.05, 0.1) is 11.4 Å². The van der Waals surface area contributed by atoms with Crippen molar-refractivity contribution in [3.05, 3.63) is 47.7 Å². The van der Waals surface area contributed by atoms with Crippen LogP contribution in [0.5, 0.6) is 0 Å². The molecule has 0 fully saturated rings. The fourth-order valence-corrected chi connectivity index (χ4v) is 3.56. The van der Waals surface area contributed by atoms with E-state index in [2.05, 4.69) is 10.3 Å². The number of sulfonamides is 1. The van der Waals surface area contributed by atoms with E-state index in [1.807, 2.05) is 0 Å². The fraction of sp³-hybridized carbons (Fsp3) is 0.0769. The standard InChI is InChI=1S/C13H10ClN3O3S/c14-12-6-5-9(7-15-12)21(19,20)17-8-13(18)16-10-3-1-2-4-11(10)17/h1-7H,8H2,(H,16,18). The van der Waals surface area contributed by atoms with E-state index in [1.54, 1.807) is 24.3 Å². The van der Waals surface area contributed by atoms with Gasteiger partial charge in [0.1, 0.15) is 16.6 Å². The van der Waals surface area contributed by atoms with Gasteiger partial charge in [-0.05, 0) is 24.3 Å². The van der Waals surface area contributed by atoms with Crippen LogP contribution in [0.25, 0.3) is 0 Å². The minimum Gasteiger partial charge on any atom is -0.323 e. The summed E-state index contributed by atoms with van der Waals surface area (Å²) in [7, 11) is -3.87. The molecule has 0 saturated carbocycles. The average molecular weight is 324 g/mol. The van der Waals surface area contributed by atoms with E-state index in [4.69, 9.17) is 11.6 Å². The zero-order valence-corrected chi connectivity index (χ0v) is 12.2. The number of fused-ring (bicyclic) bond motifs is 1. The van der Waals surface area contributed by atoms with E-state index in [0.717, 1.165) is 4.31 Å². The Kier molecular flexibility index (Phi) is 3.30. The highest BCUT2D eigenvalue weighted by Crippen LogP contribution is 2.33. The summed E-state index contributed by atoms with van der Waals surface area (Å²) in [6, 6.07) is 9.47. The first kappa shape index (κ1) is 13.8. The van der Waals surface area contributed by atoms with Gasteiger partial charge in [-0.15, -0.1) is 0 Å². The van der Waals surface area contributed by atoms with Gasteiger partial charge in [0.2, 0.25) is 5.91 Å². The lowest BCUT2D eigenvalue weighted by atomic mass is 10.2. The number of para-hydroxylation sites is 2. The van der Waals surface area contributed by atoms with Crippen molar-refractivity contribution in [1.82, 2.24) is 4.98 Å². The van der Waals surface area contributed by atoms with Crippen LogP contribution in [0.1, 0.15) is 0 Å². The predicted molar refractivity (Wildman–Crippen MR) is 78.9 cm³/mol. The molecule has 108 valence electrons. The Morgan fingerprint density at radius 2 is 1.95 bits per heavy atom. The highest BCUT2D eigenvalue weighted by Gasteiger charge is 2.32. The zero-order chi connectivity index (χ0) is 15.0. The van der Waals surface area contributed by atoms with Gasteiger partial charge in [0.25, 0.3) is 10.0 Å². The topological polar surface area (TPSA) is 79.4 Å². The number of benzene rings is 1. The Morgan fingerprint density at radius 3 is 2.67 bits per heavy atom. The molecule has 1 N–H and O–H groups in total. The number of carbonyl (C=O) groups is 1. The van der Waals surface area contributed by atoms with Crippen molar-refractivity contribution >= 4 is 38.9 Å². The van der Waals surface area contributed by atoms with Gasteiger partial charge in [0.15, 0.2) is 0 Å². The summed E-state index contributed by atoms with van der Waals surface area (Å²) in [5, 5.41) is 2.84. The molecule has 1 aliphatic heterocycles. The number of carbonyl (C=O) groups excluding carboxylic acids is 1. The number of pyridine rings is 1. The van der Waals surface area contributed by atoms with Gasteiger partial charge in [-0.1, -0.05) is 23.7 Å². The van der Waals surface area contributed by atoms with Crippen LogP contribution in [0.3, 0.4) is 0 Å². The molecule has 0 radical (unpaired) electrons. The van der Waals surface area contributed by atoms with E-state index in [1.165, 1.54) is 18.3 Å². The molecule has 2 heterocycles. The van der Waals surface area contributed by atoms with Gasteiger partial charge in [-0.3, -0.25) is 9.10 Å². The van der Waals surface area contributed by atoms with E-state index < -0.39 is 10.0 Å². The Morgan fingerprint density at radius 1 is 1.19 bits per heavy atom. The lowest BCUT2D eigenvalue weighted by Gasteiger charge is -2.29. The Hall–Kier alpha value is -2.12. The molecule has 1 amide bonds. The van der Waals surface area contributed by atoms with E-state index in [9.17, 15) is 13.2 Å². The van der Waals surface area contributed by atoms with Crippen LogP contribution in [0.4, 0.5) is 11.4 Å². The Bertz CT molecular complexity index is 806. The summed E-state index contributed by atoms with van der Waals surface area (Å²) < 4.78 is 26.4. The van der Waals surface area contributed by atoms with Gasteiger partial charge in [-0.2, -0.15) is 0 Å². The van der Waals surface area contributed by atoms with Gasteiger partial charge < -0.3 is 5.32 Å². The Labute approximate surface area is 126 Å². The molecule has 0 saturated heterocycles. The quantitative estimate of drug-likeness (QED) is 0.856. The Balaban J connectivity index is 2.11. The summed E-state index contributed by atoms with van der Waals surface area (Å²) in [6.45, 7) is -0.276. The van der Waals surface area contributed by atoms with Crippen LogP contribution in [0.2, 0.25) is 5.15 Å². The minimum absolute atomic E-state index is 0.0172. The number of hydrogen-bond donors (Lipinski definition) is 1. The van der Waals surface area contributed by atoms with Gasteiger partial charge in [-0.25, -0.2) is 13.4 Å². The second-order valence-electron chi connectivity index (χ2n) is 4.39. The number of aromatic nitrogens is 1. The van der Waals surface area contributed by atoms with E-state index >= 15 is 0 Å². The third-order valence-electron chi connectivity index (χ3n) is 3.02. The molecule has 21 heavy (non-hydrogen) atoms. The second kappa shape index (κ2) is 5.01. The molecule has 1 aromatic heterocycles. The molecule has 0 aliphatic carbocycles. The number of nitrogens with one attached hydrogen (secondary N) is 1. The van der Waals surface area contributed by atoms with Crippen LogP contribution in [0, 0.1) is 0 Å². The van der Waals surface area contributed by atoms with Crippen molar-refractivity contribution in [2.24, 2.45) is 0 Å². The predicted octanol–water partition coefficient (Wildman–Crippen LogP) is 1.88. The monoisotopic (exact) mass is 323 g/mol. The molecule has 0 atom stereocenters. The number of hydrogen-bond acceptors (Lipinski definition) is 4. The van der Waals surface area contributed by atoms with Crippen molar-refractivity contribution in [1.29, 1.82) is 0 Å². The van der Waals surface area contributed by atoms with E-state index in [-0.39, 0.29) is 22.5 Å². The van der Waals surface area contributed by atoms with Crippen LogP contribution in [-0.2, 0) is 14.8 Å². The number of halogens is 1. The maximum Gasteiger partial charge on any atom is 0.266 e. The normalized spacial score (nSPS) is 14.5. The molecule has 3 rings (SSSR count). The number of anilines is 2. The lowest BCUT2D eigenvalue weighted by molar-refractivity contribution is -0.115. The van der Waals surface area contributed by atoms with Crippen molar-refractivity contribution in [2.75, 3.05) is 16.2 Å². The third kappa shape index (κ3) is 2.45. The van der Waals surface area contributed by atoms with Crippen molar-refractivity contribution in [2.45, 2.75) is 4.90 Å². The SMILES string of the molecule is O=C1CN(S(=O)(=O)c2ccc(Cl)nc2)c2ccccc2N1. The summed E-state index contributed by atoms with van der Waals surface area (Å²) in [6.07, 6.45) is 1.17. The molecule has 0 bridgehead atoms. The summed E-state index contributed by atoms with van der Waals surface area (Å²) in [5.74, 6) is -0.390. The van der Waals surface area contributed by atoms with Gasteiger partial charge in [0, 0.05) is 6.20 Å². The number of rotatable bonds is 2. The summed E-state index contributed by atoms with van der Waals surface area (Å²) in [5.41, 5.74) is 0.881. The van der Waals surface area contributed by atoms with Crippen LogP contribution in [-0.4, -0.2) is 25.9 Å². The van der Waals surface area contributed by atoms with Crippen molar-refractivity contribution in [3.8, 4) is 0 Å². The first-order valence-electron chi connectivity index (χ1n) is 6.02. The molecule has 6 nitrogen and oxygen atoms in total. The maximum atomic E-state index is 12.7. The first-order chi connectivity index (χ1) is 9.98. The molecular weight excluding hydrogens is 314 g/mol. The minimum atomic E-state index is -3.87. The first-order valence-corrected chi connectivity index (χ1v) is 7.83. The largest absolute Gasteiger partial charge is 0.323 e. The summed E-state index contributed by atoms with van der Waals surface area (Å²) >= 11 is 5.67. The lowest BCUT2D eigenvalue weighted by Crippen LogP contribution is -2.42. The van der Waals surface area contributed by atoms with Crippen LogP contribution >= 0.6 is 11.6 Å². The molecule has 2 aromatic rings. The second-order valence-corrected chi connectivity index (χ2v) is 6.64. The average Bonchev–Trinajstić information content (AvgIpc) is 2.46. The highest BCUT2D eigenvalue weighted by molar-refractivity contribution is 7.92. The van der Waals surface area contributed by atoms with Gasteiger partial charge >= 0.3 is 0 Å². The molecule has 0 unspecified atom stereocenters. The van der Waals surface area contributed by atoms with Crippen LogP contribution < -0.4 is 9.62 Å². The molecule has 8 heteroatoms. The third-order valence-corrected chi connectivity index (χ3v) is 4.99. The molecule has 0 spiro atoms. The maximum absolute atomic E-state index is 12.7. The zero-order valence-electron chi connectivity index (χ0n) is 10.7. The van der Waals surface area contributed by atoms with Crippen molar-refractivity contribution < 1.29 is 13.2 Å². The smallest absolute Gasteiger partial charge is 0.266 e.